The van der Waals surface area contributed by atoms with Crippen LogP contribution in [0.15, 0.2) is 30.3 Å². The van der Waals surface area contributed by atoms with Crippen molar-refractivity contribution in [2.24, 2.45) is 0 Å². The molecular formula is C11H15ClOS. The van der Waals surface area contributed by atoms with Crippen LogP contribution in [0.2, 0.25) is 0 Å². The van der Waals surface area contributed by atoms with E-state index >= 15 is 0 Å². The van der Waals surface area contributed by atoms with Gasteiger partial charge in [-0.05, 0) is 5.56 Å². The second-order valence-corrected chi connectivity index (χ2v) is 4.32. The molecule has 1 rings (SSSR count). The fourth-order valence-electron chi connectivity index (χ4n) is 1.04. The van der Waals surface area contributed by atoms with E-state index in [0.717, 1.165) is 18.1 Å². The van der Waals surface area contributed by atoms with Gasteiger partial charge in [0, 0.05) is 17.4 Å². The predicted molar refractivity (Wildman–Crippen MR) is 64.1 cm³/mol. The van der Waals surface area contributed by atoms with Gasteiger partial charge >= 0.3 is 0 Å². The summed E-state index contributed by atoms with van der Waals surface area (Å²) in [5.41, 5.74) is 1.37. The van der Waals surface area contributed by atoms with Gasteiger partial charge in [-0.15, -0.1) is 11.6 Å². The molecule has 1 aromatic carbocycles. The highest BCUT2D eigenvalue weighted by Crippen LogP contribution is 2.10. The average molecular weight is 231 g/mol. The summed E-state index contributed by atoms with van der Waals surface area (Å²) in [5, 5.41) is 0. The number of alkyl halides is 1. The first kappa shape index (κ1) is 11.9. The first-order valence-corrected chi connectivity index (χ1v) is 6.38. The molecule has 0 heterocycles. The summed E-state index contributed by atoms with van der Waals surface area (Å²) >= 11 is 7.37. The fraction of sp³-hybridized carbons (Fsp3) is 0.455. The van der Waals surface area contributed by atoms with Crippen LogP contribution in [0.5, 0.6) is 0 Å². The van der Waals surface area contributed by atoms with Gasteiger partial charge in [-0.1, -0.05) is 30.3 Å². The number of rotatable bonds is 7. The first-order valence-electron chi connectivity index (χ1n) is 4.69. The number of halogens is 1. The van der Waals surface area contributed by atoms with Crippen molar-refractivity contribution < 1.29 is 4.74 Å². The zero-order valence-corrected chi connectivity index (χ0v) is 9.69. The summed E-state index contributed by atoms with van der Waals surface area (Å²) < 4.78 is 5.27. The number of benzene rings is 1. The minimum atomic E-state index is 0.587. The van der Waals surface area contributed by atoms with Gasteiger partial charge in [0.25, 0.3) is 0 Å². The molecule has 0 bridgehead atoms. The van der Waals surface area contributed by atoms with Crippen LogP contribution in [0, 0.1) is 0 Å². The lowest BCUT2D eigenvalue weighted by Gasteiger charge is -2.02. The lowest BCUT2D eigenvalue weighted by molar-refractivity contribution is 0.166. The molecule has 3 heteroatoms. The van der Waals surface area contributed by atoms with Crippen molar-refractivity contribution in [3.63, 3.8) is 0 Å². The Kier molecular flexibility index (Phi) is 6.93. The van der Waals surface area contributed by atoms with Gasteiger partial charge < -0.3 is 4.74 Å². The van der Waals surface area contributed by atoms with E-state index in [1.807, 2.05) is 17.8 Å². The third-order valence-corrected chi connectivity index (χ3v) is 2.85. The van der Waals surface area contributed by atoms with E-state index in [4.69, 9.17) is 16.3 Å². The summed E-state index contributed by atoms with van der Waals surface area (Å²) in [6.07, 6.45) is 0. The molecule has 14 heavy (non-hydrogen) atoms. The van der Waals surface area contributed by atoms with E-state index in [2.05, 4.69) is 24.3 Å². The Balaban J connectivity index is 1.99. The predicted octanol–water partition coefficient (Wildman–Crippen LogP) is 3.18. The minimum Gasteiger partial charge on any atom is -0.379 e. The maximum absolute atomic E-state index is 5.48. The Morgan fingerprint density at radius 1 is 1.14 bits per heavy atom. The van der Waals surface area contributed by atoms with Crippen LogP contribution < -0.4 is 0 Å². The molecular weight excluding hydrogens is 216 g/mol. The van der Waals surface area contributed by atoms with Crippen molar-refractivity contribution in [1.29, 1.82) is 0 Å². The second-order valence-electron chi connectivity index (χ2n) is 2.84. The van der Waals surface area contributed by atoms with Gasteiger partial charge in [0.05, 0.1) is 13.2 Å². The van der Waals surface area contributed by atoms with Gasteiger partial charge in [0.1, 0.15) is 0 Å². The first-order chi connectivity index (χ1) is 6.93. The number of thioether (sulfide) groups is 1. The average Bonchev–Trinajstić information content (AvgIpc) is 2.25. The van der Waals surface area contributed by atoms with Crippen LogP contribution in [-0.4, -0.2) is 24.8 Å². The Bertz CT molecular complexity index is 228. The van der Waals surface area contributed by atoms with Crippen molar-refractivity contribution in [1.82, 2.24) is 0 Å². The van der Waals surface area contributed by atoms with Crippen molar-refractivity contribution in [2.45, 2.75) is 5.75 Å². The lowest BCUT2D eigenvalue weighted by Crippen LogP contribution is -2.00. The Morgan fingerprint density at radius 2 is 1.93 bits per heavy atom. The van der Waals surface area contributed by atoms with E-state index in [1.165, 1.54) is 5.56 Å². The van der Waals surface area contributed by atoms with E-state index in [9.17, 15) is 0 Å². The summed E-state index contributed by atoms with van der Waals surface area (Å²) in [5.74, 6) is 2.68. The quantitative estimate of drug-likeness (QED) is 0.526. The molecule has 0 aliphatic rings. The Labute approximate surface area is 94.8 Å². The van der Waals surface area contributed by atoms with Gasteiger partial charge in [-0.25, -0.2) is 0 Å². The monoisotopic (exact) mass is 230 g/mol. The standard InChI is InChI=1S/C11H15ClOS/c12-6-7-13-8-9-14-10-11-4-2-1-3-5-11/h1-5H,6-10H2. The smallest absolute Gasteiger partial charge is 0.0602 e. The molecule has 0 saturated heterocycles. The topological polar surface area (TPSA) is 9.23 Å². The molecule has 0 aliphatic carbocycles. The number of hydrogen-bond acceptors (Lipinski definition) is 2. The maximum Gasteiger partial charge on any atom is 0.0602 e. The molecule has 1 aromatic rings. The highest BCUT2D eigenvalue weighted by Gasteiger charge is 1.92. The molecule has 0 fully saturated rings. The minimum absolute atomic E-state index is 0.587. The third-order valence-electron chi connectivity index (χ3n) is 1.71. The zero-order valence-electron chi connectivity index (χ0n) is 8.12. The van der Waals surface area contributed by atoms with Crippen molar-refractivity contribution in [3.8, 4) is 0 Å². The molecule has 0 aliphatic heterocycles. The molecule has 0 unspecified atom stereocenters. The van der Waals surface area contributed by atoms with E-state index in [-0.39, 0.29) is 0 Å². The molecule has 0 atom stereocenters. The highest BCUT2D eigenvalue weighted by molar-refractivity contribution is 7.98. The Morgan fingerprint density at radius 3 is 2.64 bits per heavy atom. The third kappa shape index (κ3) is 5.53. The van der Waals surface area contributed by atoms with Crippen LogP contribution in [0.3, 0.4) is 0 Å². The van der Waals surface area contributed by atoms with Gasteiger partial charge in [-0.2, -0.15) is 11.8 Å². The SMILES string of the molecule is ClCCOCCSCc1ccccc1. The molecule has 0 saturated carbocycles. The largest absolute Gasteiger partial charge is 0.379 e. The van der Waals surface area contributed by atoms with Crippen LogP contribution in [0.4, 0.5) is 0 Å². The molecule has 0 amide bonds. The fourth-order valence-corrected chi connectivity index (χ4v) is 1.96. The summed E-state index contributed by atoms with van der Waals surface area (Å²) in [7, 11) is 0. The van der Waals surface area contributed by atoms with Crippen LogP contribution in [-0.2, 0) is 10.5 Å². The molecule has 0 spiro atoms. The molecule has 0 aromatic heterocycles. The van der Waals surface area contributed by atoms with Crippen molar-refractivity contribution in [3.05, 3.63) is 35.9 Å². The van der Waals surface area contributed by atoms with Crippen LogP contribution >= 0.6 is 23.4 Å². The Hall–Kier alpha value is -0.180. The van der Waals surface area contributed by atoms with Crippen molar-refractivity contribution >= 4 is 23.4 Å². The lowest BCUT2D eigenvalue weighted by atomic mass is 10.2. The number of ether oxygens (including phenoxy) is 1. The summed E-state index contributed by atoms with van der Waals surface area (Å²) in [6, 6.07) is 10.5. The molecule has 0 radical (unpaired) electrons. The maximum atomic E-state index is 5.48. The second kappa shape index (κ2) is 8.16. The summed E-state index contributed by atoms with van der Waals surface area (Å²) in [6.45, 7) is 1.46. The zero-order chi connectivity index (χ0) is 10.1. The van der Waals surface area contributed by atoms with Gasteiger partial charge in [0.15, 0.2) is 0 Å². The van der Waals surface area contributed by atoms with E-state index in [0.29, 0.717) is 12.5 Å². The van der Waals surface area contributed by atoms with Gasteiger partial charge in [-0.3, -0.25) is 0 Å². The molecule has 1 nitrogen and oxygen atoms in total. The molecule has 78 valence electrons. The van der Waals surface area contributed by atoms with Crippen LogP contribution in [0.25, 0.3) is 0 Å². The molecule has 0 N–H and O–H groups in total. The van der Waals surface area contributed by atoms with Gasteiger partial charge in [0.2, 0.25) is 0 Å². The summed E-state index contributed by atoms with van der Waals surface area (Å²) in [4.78, 5) is 0. The number of hydrogen-bond donors (Lipinski definition) is 0. The van der Waals surface area contributed by atoms with Crippen LogP contribution in [0.1, 0.15) is 5.56 Å². The highest BCUT2D eigenvalue weighted by atomic mass is 35.5. The van der Waals surface area contributed by atoms with Crippen molar-refractivity contribution in [2.75, 3.05) is 24.8 Å². The van der Waals surface area contributed by atoms with E-state index < -0.39 is 0 Å². The van der Waals surface area contributed by atoms with E-state index in [1.54, 1.807) is 0 Å². The normalized spacial score (nSPS) is 10.4.